The molecule has 3 nitrogen and oxygen atoms in total. The van der Waals surface area contributed by atoms with Gasteiger partial charge in [0.2, 0.25) is 0 Å². The topological polar surface area (TPSA) is 27.6 Å². The predicted octanol–water partition coefficient (Wildman–Crippen LogP) is 5.31. The Bertz CT molecular complexity index is 881. The van der Waals surface area contributed by atoms with E-state index in [0.29, 0.717) is 0 Å². The van der Waals surface area contributed by atoms with Crippen LogP contribution in [-0.2, 0) is 0 Å². The molecule has 2 aliphatic rings. The smallest absolute Gasteiger partial charge is 0.0850 e. The predicted molar refractivity (Wildman–Crippen MR) is 113 cm³/mol. The SMILES string of the molecule is CCNC1C=C2Sc3cc(N(CC)CC)ccc3N=C2c2ccccc21. The van der Waals surface area contributed by atoms with Gasteiger partial charge in [-0.15, -0.1) is 0 Å². The molecule has 1 aliphatic heterocycles. The van der Waals surface area contributed by atoms with Crippen LogP contribution >= 0.6 is 11.8 Å². The van der Waals surface area contributed by atoms with Crippen LogP contribution in [0.1, 0.15) is 37.9 Å². The first-order chi connectivity index (χ1) is 12.7. The lowest BCUT2D eigenvalue weighted by Gasteiger charge is -2.29. The molecule has 134 valence electrons. The van der Waals surface area contributed by atoms with Crippen molar-refractivity contribution in [3.05, 3.63) is 64.6 Å². The maximum atomic E-state index is 5.04. The Morgan fingerprint density at radius 2 is 1.88 bits per heavy atom. The Labute approximate surface area is 160 Å². The highest BCUT2D eigenvalue weighted by atomic mass is 32.2. The van der Waals surface area contributed by atoms with Crippen LogP contribution in [0.3, 0.4) is 0 Å². The van der Waals surface area contributed by atoms with Crippen molar-refractivity contribution in [2.24, 2.45) is 4.99 Å². The lowest BCUT2D eigenvalue weighted by atomic mass is 9.91. The summed E-state index contributed by atoms with van der Waals surface area (Å²) in [6.07, 6.45) is 2.34. The van der Waals surface area contributed by atoms with Crippen molar-refractivity contribution in [3.63, 3.8) is 0 Å². The van der Waals surface area contributed by atoms with E-state index in [2.05, 4.69) is 79.5 Å². The number of hydrogen-bond donors (Lipinski definition) is 1. The van der Waals surface area contributed by atoms with Gasteiger partial charge in [0.25, 0.3) is 0 Å². The van der Waals surface area contributed by atoms with Gasteiger partial charge in [-0.05, 0) is 50.2 Å². The van der Waals surface area contributed by atoms with Crippen LogP contribution in [-0.4, -0.2) is 25.3 Å². The quantitative estimate of drug-likeness (QED) is 0.780. The van der Waals surface area contributed by atoms with E-state index < -0.39 is 0 Å². The number of nitrogens with zero attached hydrogens (tertiary/aromatic N) is 2. The van der Waals surface area contributed by atoms with Gasteiger partial charge in [0.15, 0.2) is 0 Å². The number of benzene rings is 2. The highest BCUT2D eigenvalue weighted by Gasteiger charge is 2.28. The molecule has 0 aromatic heterocycles. The molecule has 0 spiro atoms. The van der Waals surface area contributed by atoms with E-state index in [1.54, 1.807) is 0 Å². The molecule has 1 aliphatic carbocycles. The van der Waals surface area contributed by atoms with Gasteiger partial charge in [0.1, 0.15) is 0 Å². The Morgan fingerprint density at radius 1 is 1.08 bits per heavy atom. The fourth-order valence-corrected chi connectivity index (χ4v) is 4.82. The molecule has 0 saturated carbocycles. The van der Waals surface area contributed by atoms with E-state index in [9.17, 15) is 0 Å². The van der Waals surface area contributed by atoms with Gasteiger partial charge in [-0.1, -0.05) is 43.0 Å². The fraction of sp³-hybridized carbons (Fsp3) is 0.318. The fourth-order valence-electron chi connectivity index (χ4n) is 3.72. The van der Waals surface area contributed by atoms with Crippen LogP contribution in [0, 0.1) is 0 Å². The summed E-state index contributed by atoms with van der Waals surface area (Å²) in [5.41, 5.74) is 6.04. The Hall–Kier alpha value is -2.04. The normalized spacial score (nSPS) is 17.6. The summed E-state index contributed by atoms with van der Waals surface area (Å²) in [4.78, 5) is 9.93. The third-order valence-corrected chi connectivity index (χ3v) is 6.15. The summed E-state index contributed by atoms with van der Waals surface area (Å²) in [6, 6.07) is 15.5. The van der Waals surface area contributed by atoms with Gasteiger partial charge in [-0.25, -0.2) is 4.99 Å². The molecular formula is C22H25N3S. The van der Waals surface area contributed by atoms with Crippen molar-refractivity contribution in [2.75, 3.05) is 24.5 Å². The number of nitrogens with one attached hydrogen (secondary N) is 1. The van der Waals surface area contributed by atoms with Gasteiger partial charge >= 0.3 is 0 Å². The highest BCUT2D eigenvalue weighted by molar-refractivity contribution is 8.04. The van der Waals surface area contributed by atoms with Crippen molar-refractivity contribution in [1.29, 1.82) is 0 Å². The molecule has 0 amide bonds. The number of thioether (sulfide) groups is 1. The third-order valence-electron chi connectivity index (χ3n) is 5.05. The van der Waals surface area contributed by atoms with Crippen molar-refractivity contribution >= 4 is 28.8 Å². The number of hydrogen-bond acceptors (Lipinski definition) is 4. The highest BCUT2D eigenvalue weighted by Crippen LogP contribution is 2.46. The van der Waals surface area contributed by atoms with Crippen LogP contribution in [0.2, 0.25) is 0 Å². The van der Waals surface area contributed by atoms with Gasteiger partial charge in [0.05, 0.1) is 17.4 Å². The zero-order valence-corrected chi connectivity index (χ0v) is 16.4. The molecule has 1 N–H and O–H groups in total. The van der Waals surface area contributed by atoms with Crippen molar-refractivity contribution in [1.82, 2.24) is 5.32 Å². The first-order valence-corrected chi connectivity index (χ1v) is 10.3. The summed E-state index contributed by atoms with van der Waals surface area (Å²) in [5.74, 6) is 0. The van der Waals surface area contributed by atoms with E-state index in [1.807, 2.05) is 11.8 Å². The number of likely N-dealkylation sites (N-methyl/N-ethyl adjacent to an activating group) is 1. The number of aliphatic imine (C=N–C) groups is 1. The second kappa shape index (κ2) is 7.29. The number of allylic oxidation sites excluding steroid dienone is 1. The second-order valence-corrected chi connectivity index (χ2v) is 7.62. The van der Waals surface area contributed by atoms with Crippen LogP contribution in [0.5, 0.6) is 0 Å². The number of anilines is 1. The second-order valence-electron chi connectivity index (χ2n) is 6.54. The van der Waals surface area contributed by atoms with E-state index in [-0.39, 0.29) is 6.04 Å². The van der Waals surface area contributed by atoms with Crippen LogP contribution in [0.25, 0.3) is 0 Å². The molecule has 1 heterocycles. The van der Waals surface area contributed by atoms with E-state index in [1.165, 1.54) is 26.6 Å². The van der Waals surface area contributed by atoms with Crippen molar-refractivity contribution in [3.8, 4) is 0 Å². The minimum Gasteiger partial charge on any atom is -0.372 e. The molecule has 1 atom stereocenters. The lowest BCUT2D eigenvalue weighted by Crippen LogP contribution is -2.26. The first kappa shape index (κ1) is 17.4. The van der Waals surface area contributed by atoms with Crippen molar-refractivity contribution < 1.29 is 0 Å². The molecule has 0 bridgehead atoms. The Balaban J connectivity index is 1.79. The van der Waals surface area contributed by atoms with Crippen LogP contribution < -0.4 is 10.2 Å². The van der Waals surface area contributed by atoms with Gasteiger partial charge < -0.3 is 10.2 Å². The van der Waals surface area contributed by atoms with Gasteiger partial charge in [-0.3, -0.25) is 0 Å². The average Bonchev–Trinajstić information content (AvgIpc) is 2.68. The Morgan fingerprint density at radius 3 is 2.65 bits per heavy atom. The molecule has 0 saturated heterocycles. The number of fused-ring (bicyclic) bond motifs is 4. The van der Waals surface area contributed by atoms with Gasteiger partial charge in [-0.2, -0.15) is 0 Å². The summed E-state index contributed by atoms with van der Waals surface area (Å²) in [6.45, 7) is 9.55. The third kappa shape index (κ3) is 2.97. The summed E-state index contributed by atoms with van der Waals surface area (Å²) in [5, 5.41) is 3.59. The van der Waals surface area contributed by atoms with E-state index in [4.69, 9.17) is 4.99 Å². The molecule has 2 aromatic rings. The molecule has 0 radical (unpaired) electrons. The molecule has 4 rings (SSSR count). The number of rotatable bonds is 5. The molecule has 0 fully saturated rings. The monoisotopic (exact) mass is 363 g/mol. The van der Waals surface area contributed by atoms with Crippen LogP contribution in [0.4, 0.5) is 11.4 Å². The van der Waals surface area contributed by atoms with Crippen molar-refractivity contribution in [2.45, 2.75) is 31.7 Å². The zero-order valence-electron chi connectivity index (χ0n) is 15.6. The van der Waals surface area contributed by atoms with E-state index in [0.717, 1.165) is 31.0 Å². The summed E-state index contributed by atoms with van der Waals surface area (Å²) < 4.78 is 0. The van der Waals surface area contributed by atoms with Gasteiger partial charge in [0, 0.05) is 34.1 Å². The Kier molecular flexibility index (Phi) is 4.88. The molecule has 2 aromatic carbocycles. The standard InChI is InChI=1S/C22H25N3S/c1-4-23-19-14-21-22(17-10-8-7-9-16(17)19)24-18-12-11-15(13-20(18)26-21)25(5-2)6-3/h7-14,19,23H,4-6H2,1-3H3. The summed E-state index contributed by atoms with van der Waals surface area (Å²) >= 11 is 1.85. The molecular weight excluding hydrogens is 338 g/mol. The molecule has 4 heteroatoms. The maximum absolute atomic E-state index is 5.04. The average molecular weight is 364 g/mol. The minimum absolute atomic E-state index is 0.255. The molecule has 1 unspecified atom stereocenters. The zero-order chi connectivity index (χ0) is 18.1. The largest absolute Gasteiger partial charge is 0.372 e. The molecule has 26 heavy (non-hydrogen) atoms. The van der Waals surface area contributed by atoms with Crippen LogP contribution in [0.15, 0.2) is 63.3 Å². The van der Waals surface area contributed by atoms with E-state index >= 15 is 0 Å². The first-order valence-electron chi connectivity index (χ1n) is 9.45. The maximum Gasteiger partial charge on any atom is 0.0850 e. The summed E-state index contributed by atoms with van der Waals surface area (Å²) in [7, 11) is 0. The minimum atomic E-state index is 0.255. The lowest BCUT2D eigenvalue weighted by molar-refractivity contribution is 0.644.